The van der Waals surface area contributed by atoms with Gasteiger partial charge in [-0.15, -0.1) is 13.2 Å². The van der Waals surface area contributed by atoms with E-state index in [-0.39, 0.29) is 54.2 Å². The summed E-state index contributed by atoms with van der Waals surface area (Å²) in [5, 5.41) is 9.88. The Bertz CT molecular complexity index is 1120. The molecule has 1 fully saturated rings. The average Bonchev–Trinajstić information content (AvgIpc) is 2.83. The predicted molar refractivity (Wildman–Crippen MR) is 113 cm³/mol. The van der Waals surface area contributed by atoms with Gasteiger partial charge < -0.3 is 19.1 Å². The molecule has 190 valence electrons. The van der Waals surface area contributed by atoms with Crippen LogP contribution in [0.15, 0.2) is 53.4 Å². The first-order chi connectivity index (χ1) is 16.5. The van der Waals surface area contributed by atoms with Crippen LogP contribution in [-0.2, 0) is 24.2 Å². The molecule has 1 unspecified atom stereocenters. The molecule has 0 bridgehead atoms. The largest absolute Gasteiger partial charge is 0.573 e. The Morgan fingerprint density at radius 1 is 1.06 bits per heavy atom. The molecule has 10 nitrogen and oxygen atoms in total. The van der Waals surface area contributed by atoms with E-state index in [1.165, 1.54) is 41.3 Å². The highest BCUT2D eigenvalue weighted by Crippen LogP contribution is 2.28. The molecule has 2 aromatic rings. The lowest BCUT2D eigenvalue weighted by Gasteiger charge is -2.31. The lowest BCUT2D eigenvalue weighted by molar-refractivity contribution is -0.274. The number of amides is 2. The molecule has 35 heavy (non-hydrogen) atoms. The van der Waals surface area contributed by atoms with E-state index in [0.29, 0.717) is 0 Å². The number of hydroxylamine groups is 2. The first-order valence-corrected chi connectivity index (χ1v) is 11.8. The van der Waals surface area contributed by atoms with Crippen molar-refractivity contribution in [3.8, 4) is 17.2 Å². The van der Waals surface area contributed by atoms with Gasteiger partial charge >= 0.3 is 6.36 Å². The minimum Gasteiger partial charge on any atom is -0.457 e. The van der Waals surface area contributed by atoms with Gasteiger partial charge in [0.25, 0.3) is 0 Å². The second-order valence-electron chi connectivity index (χ2n) is 7.31. The maximum atomic E-state index is 12.9. The summed E-state index contributed by atoms with van der Waals surface area (Å²) in [5.41, 5.74) is 0. The monoisotopic (exact) mass is 518 g/mol. The molecule has 3 rings (SSSR count). The van der Waals surface area contributed by atoms with Crippen LogP contribution in [0, 0.1) is 0 Å². The quantitative estimate of drug-likeness (QED) is 0.305. The van der Waals surface area contributed by atoms with Gasteiger partial charge in [0.2, 0.25) is 12.3 Å². The van der Waals surface area contributed by atoms with Gasteiger partial charge in [-0.3, -0.25) is 14.8 Å². The molecular formula is C21H21F3N2O8S. The third-order valence-corrected chi connectivity index (χ3v) is 6.63. The fourth-order valence-electron chi connectivity index (χ4n) is 3.19. The fourth-order valence-corrected chi connectivity index (χ4v) is 4.65. The number of carbonyl (C=O) groups is 2. The number of halogens is 3. The Balaban J connectivity index is 1.69. The molecule has 0 aliphatic carbocycles. The highest BCUT2D eigenvalue weighted by Gasteiger charge is 2.35. The van der Waals surface area contributed by atoms with E-state index in [9.17, 15) is 36.4 Å². The van der Waals surface area contributed by atoms with Gasteiger partial charge in [0.05, 0.1) is 23.9 Å². The Labute approximate surface area is 198 Å². The molecule has 1 N–H and O–H groups in total. The van der Waals surface area contributed by atoms with Crippen LogP contribution in [0.4, 0.5) is 13.2 Å². The summed E-state index contributed by atoms with van der Waals surface area (Å²) >= 11 is 0. The minimum atomic E-state index is -4.83. The lowest BCUT2D eigenvalue weighted by atomic mass is 10.2. The molecule has 1 aliphatic rings. The third kappa shape index (κ3) is 7.31. The molecule has 2 amide bonds. The molecule has 1 saturated heterocycles. The smallest absolute Gasteiger partial charge is 0.457 e. The molecule has 0 spiro atoms. The molecule has 1 atom stereocenters. The first kappa shape index (κ1) is 26.2. The van der Waals surface area contributed by atoms with Crippen molar-refractivity contribution >= 4 is 22.2 Å². The van der Waals surface area contributed by atoms with Crippen LogP contribution in [0.2, 0.25) is 0 Å². The average molecular weight is 518 g/mol. The van der Waals surface area contributed by atoms with Gasteiger partial charge in [-0.25, -0.2) is 13.5 Å². The topological polar surface area (TPSA) is 123 Å². The van der Waals surface area contributed by atoms with Gasteiger partial charge in [-0.2, -0.15) is 0 Å². The fraction of sp³-hybridized carbons (Fsp3) is 0.333. The highest BCUT2D eigenvalue weighted by molar-refractivity contribution is 7.91. The van der Waals surface area contributed by atoms with Gasteiger partial charge in [-0.1, -0.05) is 0 Å². The number of sulfone groups is 1. The number of nitrogens with zero attached hydrogens (tertiary/aromatic N) is 2. The van der Waals surface area contributed by atoms with Crippen LogP contribution in [0.3, 0.4) is 0 Å². The van der Waals surface area contributed by atoms with Crippen molar-refractivity contribution in [3.05, 3.63) is 48.5 Å². The number of ether oxygens (including phenoxy) is 3. The summed E-state index contributed by atoms with van der Waals surface area (Å²) < 4.78 is 76.9. The molecule has 0 radical (unpaired) electrons. The molecule has 1 heterocycles. The van der Waals surface area contributed by atoms with E-state index in [1.807, 2.05) is 0 Å². The zero-order valence-electron chi connectivity index (χ0n) is 18.1. The summed E-state index contributed by atoms with van der Waals surface area (Å²) in [6, 6.07) is 7.96. The minimum absolute atomic E-state index is 0.0268. The third-order valence-electron chi connectivity index (χ3n) is 4.89. The van der Waals surface area contributed by atoms with Crippen LogP contribution in [0.1, 0.15) is 0 Å². The Morgan fingerprint density at radius 2 is 1.57 bits per heavy atom. The van der Waals surface area contributed by atoms with Gasteiger partial charge in [0, 0.05) is 13.1 Å². The molecule has 0 saturated carbocycles. The normalized spacial score (nSPS) is 15.3. The number of benzene rings is 2. The van der Waals surface area contributed by atoms with Crippen molar-refractivity contribution < 1.29 is 50.6 Å². The van der Waals surface area contributed by atoms with Crippen molar-refractivity contribution in [3.63, 3.8) is 0 Å². The van der Waals surface area contributed by atoms with E-state index in [4.69, 9.17) is 9.47 Å². The summed E-state index contributed by atoms with van der Waals surface area (Å²) in [6.45, 7) is 0.878. The second-order valence-corrected chi connectivity index (χ2v) is 9.35. The van der Waals surface area contributed by atoms with Gasteiger partial charge in [-0.05, 0) is 48.5 Å². The maximum Gasteiger partial charge on any atom is 0.573 e. The predicted octanol–water partition coefficient (Wildman–Crippen LogP) is 2.23. The highest BCUT2D eigenvalue weighted by atomic mass is 32.2. The number of carbonyl (C=O) groups excluding carboxylic acids is 2. The van der Waals surface area contributed by atoms with Crippen molar-refractivity contribution in [2.24, 2.45) is 0 Å². The maximum absolute atomic E-state index is 12.9. The number of hydrogen-bond acceptors (Lipinski definition) is 8. The van der Waals surface area contributed by atoms with Crippen molar-refractivity contribution in [2.75, 3.05) is 32.1 Å². The Morgan fingerprint density at radius 3 is 2.09 bits per heavy atom. The molecule has 0 aromatic heterocycles. The summed E-state index contributed by atoms with van der Waals surface area (Å²) in [4.78, 5) is 24.9. The van der Waals surface area contributed by atoms with Crippen LogP contribution in [0.25, 0.3) is 0 Å². The van der Waals surface area contributed by atoms with E-state index in [0.717, 1.165) is 12.1 Å². The van der Waals surface area contributed by atoms with Crippen molar-refractivity contribution in [1.29, 1.82) is 0 Å². The van der Waals surface area contributed by atoms with Crippen LogP contribution in [0.5, 0.6) is 17.2 Å². The van der Waals surface area contributed by atoms with Gasteiger partial charge in [0.1, 0.15) is 17.2 Å². The Hall–Kier alpha value is -3.36. The number of rotatable bonds is 9. The second kappa shape index (κ2) is 10.9. The van der Waals surface area contributed by atoms with Crippen molar-refractivity contribution in [1.82, 2.24) is 9.96 Å². The van der Waals surface area contributed by atoms with Crippen LogP contribution >= 0.6 is 0 Å². The zero-order chi connectivity index (χ0) is 25.6. The molecular weight excluding hydrogens is 497 g/mol. The SMILES string of the molecule is O=CN(O)C(CS(=O)(=O)c1ccc(Oc2ccc(OC(F)(F)F)cc2)cc1)C(=O)N1CCOCC1. The van der Waals surface area contributed by atoms with Crippen molar-refractivity contribution in [2.45, 2.75) is 17.3 Å². The zero-order valence-corrected chi connectivity index (χ0v) is 18.9. The molecule has 1 aliphatic heterocycles. The lowest BCUT2D eigenvalue weighted by Crippen LogP contribution is -2.53. The van der Waals surface area contributed by atoms with E-state index >= 15 is 0 Å². The number of hydrogen-bond donors (Lipinski definition) is 1. The van der Waals surface area contributed by atoms with Crippen LogP contribution < -0.4 is 9.47 Å². The number of morpholine rings is 1. The molecule has 2 aromatic carbocycles. The summed E-state index contributed by atoms with van der Waals surface area (Å²) in [7, 11) is -4.13. The van der Waals surface area contributed by atoms with Gasteiger partial charge in [0.15, 0.2) is 15.9 Å². The van der Waals surface area contributed by atoms with E-state index in [1.54, 1.807) is 0 Å². The standard InChI is InChI=1S/C21H21F3N2O8S/c22-21(23,24)34-17-3-1-15(2-4-17)33-16-5-7-18(8-6-16)35(30,31)13-19(26(29)14-27)20(28)25-9-11-32-12-10-25/h1-8,14,19,29H,9-13H2. The van der Waals surface area contributed by atoms with Crippen LogP contribution in [-0.4, -0.2) is 80.4 Å². The molecule has 14 heteroatoms. The summed E-state index contributed by atoms with van der Waals surface area (Å²) in [6.07, 6.45) is -4.87. The number of alkyl halides is 3. The van der Waals surface area contributed by atoms with E-state index in [2.05, 4.69) is 4.74 Å². The van der Waals surface area contributed by atoms with E-state index < -0.39 is 39.7 Å². The first-order valence-electron chi connectivity index (χ1n) is 10.1. The summed E-state index contributed by atoms with van der Waals surface area (Å²) in [5.74, 6) is -1.66. The Kier molecular flexibility index (Phi) is 8.19.